The van der Waals surface area contributed by atoms with E-state index in [0.717, 1.165) is 35.3 Å². The number of carboxylic acid groups (broad SMARTS) is 1. The van der Waals surface area contributed by atoms with Crippen molar-refractivity contribution >= 4 is 17.5 Å². The number of aromatic carboxylic acids is 1. The van der Waals surface area contributed by atoms with Gasteiger partial charge >= 0.3 is 5.97 Å². The van der Waals surface area contributed by atoms with E-state index >= 15 is 0 Å². The fourth-order valence-corrected chi connectivity index (χ4v) is 4.12. The van der Waals surface area contributed by atoms with Gasteiger partial charge in [-0.2, -0.15) is 0 Å². The summed E-state index contributed by atoms with van der Waals surface area (Å²) in [7, 11) is 0. The van der Waals surface area contributed by atoms with E-state index < -0.39 is 5.97 Å². The van der Waals surface area contributed by atoms with E-state index in [-0.39, 0.29) is 11.4 Å². The molecule has 0 saturated heterocycles. The molecule has 6 heteroatoms. The maximum Gasteiger partial charge on any atom is 0.336 e. The lowest BCUT2D eigenvalue weighted by Gasteiger charge is -2.22. The van der Waals surface area contributed by atoms with Crippen molar-refractivity contribution in [3.63, 3.8) is 0 Å². The Morgan fingerprint density at radius 3 is 2.68 bits per heavy atom. The predicted octanol–water partition coefficient (Wildman–Crippen LogP) is 4.30. The van der Waals surface area contributed by atoms with Crippen molar-refractivity contribution in [2.45, 2.75) is 19.9 Å². The Kier molecular flexibility index (Phi) is 5.62. The van der Waals surface area contributed by atoms with Crippen LogP contribution < -0.4 is 15.4 Å². The van der Waals surface area contributed by atoms with Gasteiger partial charge in [-0.25, -0.2) is 4.79 Å². The Morgan fingerprint density at radius 2 is 1.94 bits per heavy atom. The second-order valence-electron chi connectivity index (χ2n) is 7.53. The molecule has 0 aromatic heterocycles. The lowest BCUT2D eigenvalue weighted by Crippen LogP contribution is -2.20. The molecule has 0 fully saturated rings. The fraction of sp³-hybridized carbons (Fsp3) is 0.200. The lowest BCUT2D eigenvalue weighted by molar-refractivity contribution is 0.0697. The number of nitrogens with one attached hydrogen (secondary N) is 1. The largest absolute Gasteiger partial charge is 0.494 e. The van der Waals surface area contributed by atoms with Crippen LogP contribution >= 0.6 is 0 Å². The normalized spacial score (nSPS) is 12.5. The average molecular weight is 415 g/mol. The second kappa shape index (κ2) is 8.52. The van der Waals surface area contributed by atoms with Gasteiger partial charge in [0.2, 0.25) is 0 Å². The molecule has 1 heterocycles. The number of rotatable bonds is 7. The van der Waals surface area contributed by atoms with Crippen LogP contribution in [-0.4, -0.2) is 30.1 Å². The number of anilines is 1. The van der Waals surface area contributed by atoms with Crippen LogP contribution in [0.2, 0.25) is 0 Å². The number of hydrogen-bond acceptors (Lipinski definition) is 4. The van der Waals surface area contributed by atoms with Crippen LogP contribution in [0, 0.1) is 5.41 Å². The predicted molar refractivity (Wildman–Crippen MR) is 122 cm³/mol. The summed E-state index contributed by atoms with van der Waals surface area (Å²) >= 11 is 0. The quantitative estimate of drug-likeness (QED) is 0.395. The third-order valence-electron chi connectivity index (χ3n) is 5.58. The Labute approximate surface area is 181 Å². The Morgan fingerprint density at radius 1 is 1.13 bits per heavy atom. The molecule has 1 aliphatic heterocycles. The van der Waals surface area contributed by atoms with Gasteiger partial charge in [0.15, 0.2) is 0 Å². The molecule has 31 heavy (non-hydrogen) atoms. The van der Waals surface area contributed by atoms with Crippen molar-refractivity contribution in [3.8, 4) is 16.9 Å². The number of nitrogen functional groups attached to an aromatic ring is 1. The van der Waals surface area contributed by atoms with Gasteiger partial charge in [0, 0.05) is 24.3 Å². The van der Waals surface area contributed by atoms with Crippen molar-refractivity contribution in [1.29, 1.82) is 5.41 Å². The molecule has 0 spiro atoms. The molecule has 158 valence electrons. The smallest absolute Gasteiger partial charge is 0.336 e. The van der Waals surface area contributed by atoms with Crippen molar-refractivity contribution in [2.24, 2.45) is 5.73 Å². The Balaban J connectivity index is 1.69. The van der Waals surface area contributed by atoms with Gasteiger partial charge in [-0.05, 0) is 72.0 Å². The van der Waals surface area contributed by atoms with Crippen LogP contribution in [0.15, 0.2) is 60.7 Å². The van der Waals surface area contributed by atoms with Gasteiger partial charge < -0.3 is 20.5 Å². The summed E-state index contributed by atoms with van der Waals surface area (Å²) in [4.78, 5) is 14.2. The monoisotopic (exact) mass is 415 g/mol. The van der Waals surface area contributed by atoms with Crippen molar-refractivity contribution in [1.82, 2.24) is 0 Å². The third-order valence-corrected chi connectivity index (χ3v) is 5.58. The van der Waals surface area contributed by atoms with E-state index in [1.54, 1.807) is 6.07 Å². The van der Waals surface area contributed by atoms with E-state index in [1.165, 1.54) is 5.56 Å². The van der Waals surface area contributed by atoms with Crippen molar-refractivity contribution < 1.29 is 14.6 Å². The van der Waals surface area contributed by atoms with Crippen LogP contribution in [0.4, 0.5) is 5.69 Å². The first-order chi connectivity index (χ1) is 15.0. The van der Waals surface area contributed by atoms with Crippen molar-refractivity contribution in [3.05, 3.63) is 82.9 Å². The topological polar surface area (TPSA) is 99.6 Å². The Bertz CT molecular complexity index is 1160. The number of fused-ring (bicyclic) bond motifs is 1. The number of amidine groups is 1. The highest BCUT2D eigenvalue weighted by Gasteiger charge is 2.22. The molecule has 0 bridgehead atoms. The number of carbonyl (C=O) groups is 1. The summed E-state index contributed by atoms with van der Waals surface area (Å²) < 4.78 is 5.50. The first-order valence-corrected chi connectivity index (χ1v) is 10.3. The molecule has 6 nitrogen and oxygen atoms in total. The van der Waals surface area contributed by atoms with Gasteiger partial charge in [-0.15, -0.1) is 0 Å². The van der Waals surface area contributed by atoms with E-state index in [9.17, 15) is 9.90 Å². The zero-order valence-corrected chi connectivity index (χ0v) is 17.4. The van der Waals surface area contributed by atoms with Crippen LogP contribution in [0.5, 0.6) is 5.75 Å². The third kappa shape index (κ3) is 4.10. The van der Waals surface area contributed by atoms with Crippen LogP contribution in [0.3, 0.4) is 0 Å². The van der Waals surface area contributed by atoms with Crippen LogP contribution in [0.1, 0.15) is 34.0 Å². The van der Waals surface area contributed by atoms with Gasteiger partial charge in [0.1, 0.15) is 11.6 Å². The van der Waals surface area contributed by atoms with Crippen molar-refractivity contribution in [2.75, 3.05) is 18.1 Å². The average Bonchev–Trinajstić information content (AvgIpc) is 3.16. The number of carboxylic acids is 1. The van der Waals surface area contributed by atoms with Gasteiger partial charge in [-0.1, -0.05) is 24.3 Å². The van der Waals surface area contributed by atoms with E-state index in [1.807, 2.05) is 61.5 Å². The number of nitrogens with two attached hydrogens (primary N) is 1. The first-order valence-electron chi connectivity index (χ1n) is 10.3. The minimum atomic E-state index is -0.977. The maximum atomic E-state index is 12.0. The zero-order valence-electron chi connectivity index (χ0n) is 17.4. The van der Waals surface area contributed by atoms with E-state index in [4.69, 9.17) is 15.9 Å². The SMILES string of the molecule is CCOc1ccc(-c2ccccc2CN2CCc3cc(C(=N)N)ccc32)c(C(=O)O)c1. The van der Waals surface area contributed by atoms with Gasteiger partial charge in [0.25, 0.3) is 0 Å². The minimum absolute atomic E-state index is 0.0725. The summed E-state index contributed by atoms with van der Waals surface area (Å²) in [5.74, 6) is -0.353. The number of nitrogens with zero attached hydrogens (tertiary/aromatic N) is 1. The molecule has 0 aliphatic carbocycles. The second-order valence-corrected chi connectivity index (χ2v) is 7.53. The molecule has 0 atom stereocenters. The Hall–Kier alpha value is -3.80. The number of ether oxygens (including phenoxy) is 1. The summed E-state index contributed by atoms with van der Waals surface area (Å²) in [6, 6.07) is 19.0. The molecule has 0 radical (unpaired) electrons. The number of benzene rings is 3. The molecule has 4 N–H and O–H groups in total. The zero-order chi connectivity index (χ0) is 22.0. The lowest BCUT2D eigenvalue weighted by atomic mass is 9.94. The molecule has 3 aromatic rings. The molecule has 4 rings (SSSR count). The summed E-state index contributed by atoms with van der Waals surface area (Å²) in [6.07, 6.45) is 0.891. The molecule has 0 amide bonds. The molecule has 0 saturated carbocycles. The maximum absolute atomic E-state index is 12.0. The standard InChI is InChI=1S/C25H25N3O3/c1-2-31-19-8-9-21(22(14-19)25(29)30)20-6-4-3-5-18(20)15-28-12-11-16-13-17(24(26)27)7-10-23(16)28/h3-10,13-14H,2,11-12,15H2,1H3,(H3,26,27)(H,29,30). The molecule has 0 unspecified atom stereocenters. The van der Waals surface area contributed by atoms with Crippen LogP contribution in [-0.2, 0) is 13.0 Å². The molecule has 3 aromatic carbocycles. The van der Waals surface area contributed by atoms with Gasteiger partial charge in [-0.3, -0.25) is 5.41 Å². The highest BCUT2D eigenvalue weighted by Crippen LogP contribution is 2.34. The van der Waals surface area contributed by atoms with E-state index in [0.29, 0.717) is 24.5 Å². The van der Waals surface area contributed by atoms with Crippen LogP contribution in [0.25, 0.3) is 11.1 Å². The molecular formula is C25H25N3O3. The molecular weight excluding hydrogens is 390 g/mol. The molecule has 1 aliphatic rings. The number of hydrogen-bond donors (Lipinski definition) is 3. The fourth-order valence-electron chi connectivity index (χ4n) is 4.12. The first kappa shape index (κ1) is 20.5. The minimum Gasteiger partial charge on any atom is -0.494 e. The summed E-state index contributed by atoms with van der Waals surface area (Å²) in [5.41, 5.74) is 11.5. The highest BCUT2D eigenvalue weighted by atomic mass is 16.5. The summed E-state index contributed by atoms with van der Waals surface area (Å²) in [5, 5.41) is 17.5. The highest BCUT2D eigenvalue weighted by molar-refractivity contribution is 5.97. The van der Waals surface area contributed by atoms with Gasteiger partial charge in [0.05, 0.1) is 12.2 Å². The van der Waals surface area contributed by atoms with E-state index in [2.05, 4.69) is 4.90 Å². The summed E-state index contributed by atoms with van der Waals surface area (Å²) in [6.45, 7) is 3.88.